The average Bonchev–Trinajstić information content (AvgIpc) is 2.67. The molecule has 2 aromatic rings. The smallest absolute Gasteiger partial charge is 0.254 e. The summed E-state index contributed by atoms with van der Waals surface area (Å²) in [4.78, 5) is 36.3. The molecule has 0 unspecified atom stereocenters. The Hall–Kier alpha value is -3.20. The number of hydrogen-bond donors (Lipinski definition) is 3. The van der Waals surface area contributed by atoms with Gasteiger partial charge in [-0.1, -0.05) is 6.07 Å². The summed E-state index contributed by atoms with van der Waals surface area (Å²) >= 11 is 0. The van der Waals surface area contributed by atoms with E-state index in [1.165, 1.54) is 11.1 Å². The molecule has 9 nitrogen and oxygen atoms in total. The number of aromatic nitrogens is 2. The van der Waals surface area contributed by atoms with E-state index >= 15 is 0 Å². The van der Waals surface area contributed by atoms with Crippen LogP contribution in [0, 0.1) is 0 Å². The third kappa shape index (κ3) is 4.37. The zero-order valence-electron chi connectivity index (χ0n) is 16.1. The number of rotatable bonds is 5. The minimum atomic E-state index is -0.634. The second kappa shape index (κ2) is 8.22. The van der Waals surface area contributed by atoms with Crippen molar-refractivity contribution in [2.45, 2.75) is 18.9 Å². The predicted molar refractivity (Wildman–Crippen MR) is 108 cm³/mol. The number of carbonyl (C=O) groups is 2. The van der Waals surface area contributed by atoms with E-state index < -0.39 is 5.91 Å². The first-order valence-corrected chi connectivity index (χ1v) is 9.11. The van der Waals surface area contributed by atoms with E-state index in [-0.39, 0.29) is 17.5 Å². The Balaban J connectivity index is 1.91. The van der Waals surface area contributed by atoms with E-state index in [4.69, 9.17) is 11.5 Å². The maximum atomic E-state index is 12.2. The van der Waals surface area contributed by atoms with Gasteiger partial charge in [-0.05, 0) is 31.0 Å². The van der Waals surface area contributed by atoms with Gasteiger partial charge in [-0.25, -0.2) is 4.98 Å². The number of nitrogens with zero attached hydrogens (tertiary/aromatic N) is 4. The van der Waals surface area contributed by atoms with E-state index in [0.717, 1.165) is 19.4 Å². The van der Waals surface area contributed by atoms with Gasteiger partial charge in [0.25, 0.3) is 11.8 Å². The van der Waals surface area contributed by atoms with Crippen LogP contribution in [0.2, 0.25) is 0 Å². The first-order chi connectivity index (χ1) is 13.3. The third-order valence-corrected chi connectivity index (χ3v) is 4.56. The van der Waals surface area contributed by atoms with Crippen LogP contribution in [-0.4, -0.2) is 59.9 Å². The molecule has 1 saturated heterocycles. The van der Waals surface area contributed by atoms with Crippen LogP contribution < -0.4 is 21.7 Å². The third-order valence-electron chi connectivity index (χ3n) is 4.56. The molecule has 1 atom stereocenters. The van der Waals surface area contributed by atoms with Crippen LogP contribution in [0.5, 0.6) is 0 Å². The highest BCUT2D eigenvalue weighted by molar-refractivity contribution is 5.98. The van der Waals surface area contributed by atoms with E-state index in [9.17, 15) is 9.59 Å². The van der Waals surface area contributed by atoms with Crippen LogP contribution in [0.4, 0.5) is 17.5 Å². The van der Waals surface area contributed by atoms with Gasteiger partial charge in [0.15, 0.2) is 0 Å². The minimum Gasteiger partial charge on any atom is -0.365 e. The number of nitrogens with one attached hydrogen (secondary N) is 1. The molecule has 0 bridgehead atoms. The second-order valence-electron chi connectivity index (χ2n) is 7.05. The van der Waals surface area contributed by atoms with Gasteiger partial charge in [0.1, 0.15) is 11.4 Å². The van der Waals surface area contributed by atoms with Crippen molar-refractivity contribution >= 4 is 29.3 Å². The number of carbonyl (C=O) groups excluding carboxylic acids is 2. The van der Waals surface area contributed by atoms with E-state index in [0.29, 0.717) is 29.6 Å². The SMILES string of the molecule is CN(C)C(=O)c1cccc(Nc2nc(N3CCC[C@H](N)C3)ncc2C(N)=O)c1. The first-order valence-electron chi connectivity index (χ1n) is 9.11. The molecule has 2 amide bonds. The summed E-state index contributed by atoms with van der Waals surface area (Å²) in [5, 5.41) is 3.10. The van der Waals surface area contributed by atoms with Gasteiger partial charge in [0.2, 0.25) is 5.95 Å². The molecular formula is C19H25N7O2. The Kier molecular flexibility index (Phi) is 5.74. The maximum absolute atomic E-state index is 12.2. The molecule has 0 spiro atoms. The van der Waals surface area contributed by atoms with E-state index in [1.807, 2.05) is 4.90 Å². The summed E-state index contributed by atoms with van der Waals surface area (Å²) in [6, 6.07) is 7.04. The lowest BCUT2D eigenvalue weighted by Gasteiger charge is -2.31. The van der Waals surface area contributed by atoms with Crippen molar-refractivity contribution < 1.29 is 9.59 Å². The molecule has 9 heteroatoms. The highest BCUT2D eigenvalue weighted by Gasteiger charge is 2.21. The summed E-state index contributed by atoms with van der Waals surface area (Å²) in [6.07, 6.45) is 3.34. The highest BCUT2D eigenvalue weighted by Crippen LogP contribution is 2.23. The molecule has 1 aromatic heterocycles. The highest BCUT2D eigenvalue weighted by atomic mass is 16.2. The molecule has 1 aliphatic rings. The van der Waals surface area contributed by atoms with Gasteiger partial charge < -0.3 is 26.6 Å². The normalized spacial score (nSPS) is 16.5. The Bertz CT molecular complexity index is 884. The molecule has 0 saturated carbocycles. The number of anilines is 3. The number of amides is 2. The van der Waals surface area contributed by atoms with Crippen molar-refractivity contribution in [2.24, 2.45) is 11.5 Å². The lowest BCUT2D eigenvalue weighted by atomic mass is 10.1. The molecular weight excluding hydrogens is 358 g/mol. The molecule has 148 valence electrons. The lowest BCUT2D eigenvalue weighted by Crippen LogP contribution is -2.43. The topological polar surface area (TPSA) is 130 Å². The number of hydrogen-bond acceptors (Lipinski definition) is 7. The van der Waals surface area contributed by atoms with Crippen molar-refractivity contribution in [3.63, 3.8) is 0 Å². The lowest BCUT2D eigenvalue weighted by molar-refractivity contribution is 0.0827. The molecule has 0 radical (unpaired) electrons. The first kappa shape index (κ1) is 19.6. The standard InChI is InChI=1S/C19H25N7O2/c1-25(2)18(28)12-5-3-7-14(9-12)23-17-15(16(21)27)10-22-19(24-17)26-8-4-6-13(20)11-26/h3,5,7,9-10,13H,4,6,8,11,20H2,1-2H3,(H2,21,27)(H,22,23,24)/t13-/m0/s1. The fourth-order valence-electron chi connectivity index (χ4n) is 3.12. The summed E-state index contributed by atoms with van der Waals surface area (Å²) in [5.41, 5.74) is 12.8. The number of benzene rings is 1. The zero-order valence-corrected chi connectivity index (χ0v) is 16.1. The van der Waals surface area contributed by atoms with Crippen LogP contribution in [-0.2, 0) is 0 Å². The summed E-state index contributed by atoms with van der Waals surface area (Å²) in [5.74, 6) is 0.0312. The number of nitrogens with two attached hydrogens (primary N) is 2. The summed E-state index contributed by atoms with van der Waals surface area (Å²) in [6.45, 7) is 1.46. The molecule has 2 heterocycles. The zero-order chi connectivity index (χ0) is 20.3. The van der Waals surface area contributed by atoms with Gasteiger partial charge >= 0.3 is 0 Å². The quantitative estimate of drug-likeness (QED) is 0.700. The Labute approximate surface area is 163 Å². The van der Waals surface area contributed by atoms with Gasteiger partial charge in [0, 0.05) is 50.7 Å². The average molecular weight is 383 g/mol. The maximum Gasteiger partial charge on any atom is 0.254 e. The van der Waals surface area contributed by atoms with Crippen molar-refractivity contribution in [3.05, 3.63) is 41.6 Å². The Morgan fingerprint density at radius 2 is 2.11 bits per heavy atom. The predicted octanol–water partition coefficient (Wildman–Crippen LogP) is 0.948. The van der Waals surface area contributed by atoms with Crippen molar-refractivity contribution in [3.8, 4) is 0 Å². The molecule has 1 fully saturated rings. The van der Waals surface area contributed by atoms with Gasteiger partial charge in [-0.3, -0.25) is 9.59 Å². The van der Waals surface area contributed by atoms with Gasteiger partial charge in [-0.2, -0.15) is 4.98 Å². The fourth-order valence-corrected chi connectivity index (χ4v) is 3.12. The van der Waals surface area contributed by atoms with Crippen LogP contribution in [0.15, 0.2) is 30.5 Å². The van der Waals surface area contributed by atoms with Crippen molar-refractivity contribution in [2.75, 3.05) is 37.4 Å². The van der Waals surface area contributed by atoms with Crippen LogP contribution in [0.1, 0.15) is 33.6 Å². The molecule has 1 aliphatic heterocycles. The molecule has 0 aliphatic carbocycles. The van der Waals surface area contributed by atoms with Crippen molar-refractivity contribution in [1.82, 2.24) is 14.9 Å². The van der Waals surface area contributed by atoms with Crippen LogP contribution in [0.25, 0.3) is 0 Å². The monoisotopic (exact) mass is 383 g/mol. The van der Waals surface area contributed by atoms with Gasteiger partial charge in [-0.15, -0.1) is 0 Å². The molecule has 5 N–H and O–H groups in total. The summed E-state index contributed by atoms with van der Waals surface area (Å²) < 4.78 is 0. The van der Waals surface area contributed by atoms with Gasteiger partial charge in [0.05, 0.1) is 0 Å². The Morgan fingerprint density at radius 1 is 1.32 bits per heavy atom. The minimum absolute atomic E-state index is 0.0679. The van der Waals surface area contributed by atoms with Crippen LogP contribution in [0.3, 0.4) is 0 Å². The van der Waals surface area contributed by atoms with Crippen molar-refractivity contribution in [1.29, 1.82) is 0 Å². The second-order valence-corrected chi connectivity index (χ2v) is 7.05. The molecule has 28 heavy (non-hydrogen) atoms. The largest absolute Gasteiger partial charge is 0.365 e. The number of piperidine rings is 1. The van der Waals surface area contributed by atoms with E-state index in [2.05, 4.69) is 15.3 Å². The molecule has 1 aromatic carbocycles. The number of primary amides is 1. The molecule has 3 rings (SSSR count). The summed E-state index contributed by atoms with van der Waals surface area (Å²) in [7, 11) is 3.38. The fraction of sp³-hybridized carbons (Fsp3) is 0.368. The Morgan fingerprint density at radius 3 is 2.79 bits per heavy atom. The van der Waals surface area contributed by atoms with Crippen LogP contribution >= 0.6 is 0 Å². The van der Waals surface area contributed by atoms with E-state index in [1.54, 1.807) is 38.4 Å².